The number of hydrogen-bond donors (Lipinski definition) is 1. The number of nitrogens with zero attached hydrogens (tertiary/aromatic N) is 2. The minimum Gasteiger partial charge on any atom is -0.494 e. The molecule has 8 nitrogen and oxygen atoms in total. The summed E-state index contributed by atoms with van der Waals surface area (Å²) in [5.41, 5.74) is 1.31. The third kappa shape index (κ3) is 8.80. The van der Waals surface area contributed by atoms with Gasteiger partial charge in [-0.25, -0.2) is 12.8 Å². The molecular weight excluding hydrogens is 629 g/mol. The van der Waals surface area contributed by atoms with E-state index in [0.717, 1.165) is 42.0 Å². The number of halogens is 1. The zero-order valence-electron chi connectivity index (χ0n) is 27.1. The Kier molecular flexibility index (Phi) is 11.8. The van der Waals surface area contributed by atoms with Crippen LogP contribution in [0.3, 0.4) is 0 Å². The zero-order chi connectivity index (χ0) is 33.9. The molecule has 252 valence electrons. The van der Waals surface area contributed by atoms with Gasteiger partial charge in [-0.3, -0.25) is 13.9 Å². The number of amides is 2. The Morgan fingerprint density at radius 3 is 2.12 bits per heavy atom. The number of carbonyl (C=O) groups is 2. The first-order chi connectivity index (χ1) is 23.3. The molecule has 5 rings (SSSR count). The normalized spacial score (nSPS) is 14.1. The Morgan fingerprint density at radius 1 is 0.854 bits per heavy atom. The maximum Gasteiger partial charge on any atom is 0.264 e. The smallest absolute Gasteiger partial charge is 0.264 e. The van der Waals surface area contributed by atoms with Gasteiger partial charge in [0.25, 0.3) is 10.0 Å². The highest BCUT2D eigenvalue weighted by Gasteiger charge is 2.35. The molecule has 0 spiro atoms. The lowest BCUT2D eigenvalue weighted by molar-refractivity contribution is -0.140. The summed E-state index contributed by atoms with van der Waals surface area (Å²) in [5, 5.41) is 3.16. The van der Waals surface area contributed by atoms with Crippen LogP contribution in [0.4, 0.5) is 10.1 Å². The monoisotopic (exact) mass is 671 g/mol. The SMILES string of the molecule is CCOc1ccc(S(=O)(=O)N(CC(=O)N(Cc2ccccc2F)C(Cc2ccccc2)C(=O)NC2CCCCC2)c2ccccc2)cc1. The fourth-order valence-corrected chi connectivity index (χ4v) is 7.45. The minimum atomic E-state index is -4.27. The Hall–Kier alpha value is -4.70. The summed E-state index contributed by atoms with van der Waals surface area (Å²) in [4.78, 5) is 30.0. The molecule has 0 saturated heterocycles. The number of sulfonamides is 1. The molecule has 10 heteroatoms. The van der Waals surface area contributed by atoms with Crippen molar-refractivity contribution in [3.05, 3.63) is 126 Å². The molecule has 1 aliphatic rings. The van der Waals surface area contributed by atoms with E-state index in [1.165, 1.54) is 23.1 Å². The number of carbonyl (C=O) groups excluding carboxylic acids is 2. The van der Waals surface area contributed by atoms with Crippen LogP contribution in [0.15, 0.2) is 114 Å². The molecule has 48 heavy (non-hydrogen) atoms. The van der Waals surface area contributed by atoms with Gasteiger partial charge in [-0.05, 0) is 67.8 Å². The molecule has 1 aliphatic carbocycles. The quantitative estimate of drug-likeness (QED) is 0.165. The van der Waals surface area contributed by atoms with Crippen LogP contribution in [0.1, 0.15) is 50.2 Å². The van der Waals surface area contributed by atoms with E-state index < -0.39 is 34.3 Å². The summed E-state index contributed by atoms with van der Waals surface area (Å²) >= 11 is 0. The summed E-state index contributed by atoms with van der Waals surface area (Å²) in [6.45, 7) is 1.41. The number of anilines is 1. The molecule has 0 heterocycles. The average Bonchev–Trinajstić information content (AvgIpc) is 3.11. The van der Waals surface area contributed by atoms with Gasteiger partial charge in [0.2, 0.25) is 11.8 Å². The number of rotatable bonds is 14. The molecular formula is C38H42FN3O5S. The number of hydrogen-bond acceptors (Lipinski definition) is 5. The Morgan fingerprint density at radius 2 is 1.48 bits per heavy atom. The second-order valence-electron chi connectivity index (χ2n) is 11.9. The molecule has 1 fully saturated rings. The molecule has 4 aromatic carbocycles. The van der Waals surface area contributed by atoms with Crippen molar-refractivity contribution >= 4 is 27.5 Å². The predicted molar refractivity (Wildman–Crippen MR) is 184 cm³/mol. The summed E-state index contributed by atoms with van der Waals surface area (Å²) in [6.07, 6.45) is 4.95. The van der Waals surface area contributed by atoms with Crippen LogP contribution in [-0.4, -0.2) is 50.4 Å². The van der Waals surface area contributed by atoms with Gasteiger partial charge in [-0.15, -0.1) is 0 Å². The first kappa shape index (κ1) is 34.6. The Bertz CT molecular complexity index is 1750. The van der Waals surface area contributed by atoms with Gasteiger partial charge < -0.3 is 15.0 Å². The molecule has 1 unspecified atom stereocenters. The highest BCUT2D eigenvalue weighted by molar-refractivity contribution is 7.92. The van der Waals surface area contributed by atoms with E-state index in [4.69, 9.17) is 4.74 Å². The van der Waals surface area contributed by atoms with E-state index in [0.29, 0.717) is 12.4 Å². The molecule has 4 aromatic rings. The Balaban J connectivity index is 1.54. The van der Waals surface area contributed by atoms with Crippen molar-refractivity contribution in [2.75, 3.05) is 17.5 Å². The molecule has 1 N–H and O–H groups in total. The van der Waals surface area contributed by atoms with Gasteiger partial charge in [0.1, 0.15) is 24.2 Å². The van der Waals surface area contributed by atoms with E-state index >= 15 is 4.39 Å². The number of ether oxygens (including phenoxy) is 1. The lowest BCUT2D eigenvalue weighted by Gasteiger charge is -2.35. The highest BCUT2D eigenvalue weighted by atomic mass is 32.2. The molecule has 2 amide bonds. The molecule has 0 bridgehead atoms. The molecule has 0 aliphatic heterocycles. The molecule has 0 aromatic heterocycles. The van der Waals surface area contributed by atoms with Crippen molar-refractivity contribution in [1.29, 1.82) is 0 Å². The van der Waals surface area contributed by atoms with Crippen LogP contribution in [0.5, 0.6) is 5.75 Å². The van der Waals surface area contributed by atoms with Crippen molar-refractivity contribution in [1.82, 2.24) is 10.2 Å². The lowest BCUT2D eigenvalue weighted by atomic mass is 9.94. The van der Waals surface area contributed by atoms with Crippen molar-refractivity contribution in [2.24, 2.45) is 0 Å². The second-order valence-corrected chi connectivity index (χ2v) is 13.8. The molecule has 0 radical (unpaired) electrons. The fraction of sp³-hybridized carbons (Fsp3) is 0.316. The highest BCUT2D eigenvalue weighted by Crippen LogP contribution is 2.27. The lowest BCUT2D eigenvalue weighted by Crippen LogP contribution is -2.55. The topological polar surface area (TPSA) is 96.0 Å². The van der Waals surface area contributed by atoms with Gasteiger partial charge in [0.05, 0.1) is 17.2 Å². The summed E-state index contributed by atoms with van der Waals surface area (Å²) in [6, 6.07) is 28.7. The van der Waals surface area contributed by atoms with E-state index in [9.17, 15) is 18.0 Å². The minimum absolute atomic E-state index is 0.0286. The third-order valence-electron chi connectivity index (χ3n) is 8.57. The maximum atomic E-state index is 15.1. The van der Waals surface area contributed by atoms with Crippen LogP contribution in [0.25, 0.3) is 0 Å². The predicted octanol–water partition coefficient (Wildman–Crippen LogP) is 6.51. The van der Waals surface area contributed by atoms with Crippen molar-refractivity contribution in [2.45, 2.75) is 69.0 Å². The van der Waals surface area contributed by atoms with E-state index in [2.05, 4.69) is 5.32 Å². The first-order valence-electron chi connectivity index (χ1n) is 16.4. The standard InChI is InChI=1S/C38H42FN3O5S/c1-2-47-33-22-24-34(25-23-33)48(45,46)42(32-19-10-5-11-20-32)28-37(43)41(27-30-16-12-13-21-35(30)39)36(26-29-14-6-3-7-15-29)38(44)40-31-17-8-4-9-18-31/h3,5-7,10-16,19-25,31,36H,2,4,8-9,17-18,26-28H2,1H3,(H,40,44). The van der Waals surface area contributed by atoms with Crippen molar-refractivity contribution in [3.8, 4) is 5.75 Å². The third-order valence-corrected chi connectivity index (χ3v) is 10.4. The van der Waals surface area contributed by atoms with Gasteiger partial charge in [0, 0.05) is 24.6 Å². The summed E-state index contributed by atoms with van der Waals surface area (Å²) in [5.74, 6) is -1.00. The zero-order valence-corrected chi connectivity index (χ0v) is 27.9. The Labute approximate surface area is 282 Å². The number of nitrogens with one attached hydrogen (secondary N) is 1. The van der Waals surface area contributed by atoms with Crippen molar-refractivity contribution < 1.29 is 27.1 Å². The first-order valence-corrected chi connectivity index (χ1v) is 17.9. The summed E-state index contributed by atoms with van der Waals surface area (Å²) in [7, 11) is -4.27. The maximum absolute atomic E-state index is 15.1. The van der Waals surface area contributed by atoms with E-state index in [1.54, 1.807) is 60.7 Å². The number of para-hydroxylation sites is 1. The van der Waals surface area contributed by atoms with E-state index in [-0.39, 0.29) is 41.1 Å². The summed E-state index contributed by atoms with van der Waals surface area (Å²) < 4.78 is 50.1. The number of benzene rings is 4. The second kappa shape index (κ2) is 16.4. The fourth-order valence-electron chi connectivity index (χ4n) is 6.03. The largest absolute Gasteiger partial charge is 0.494 e. The average molecular weight is 672 g/mol. The van der Waals surface area contributed by atoms with Crippen LogP contribution in [0.2, 0.25) is 0 Å². The van der Waals surface area contributed by atoms with Gasteiger partial charge in [0.15, 0.2) is 0 Å². The van der Waals surface area contributed by atoms with Crippen LogP contribution >= 0.6 is 0 Å². The van der Waals surface area contributed by atoms with Crippen molar-refractivity contribution in [3.63, 3.8) is 0 Å². The molecule has 1 atom stereocenters. The van der Waals surface area contributed by atoms with Crippen LogP contribution in [-0.2, 0) is 32.6 Å². The van der Waals surface area contributed by atoms with Gasteiger partial charge in [-0.2, -0.15) is 0 Å². The molecule has 1 saturated carbocycles. The van der Waals surface area contributed by atoms with Gasteiger partial charge in [-0.1, -0.05) is 86.0 Å². The van der Waals surface area contributed by atoms with Crippen LogP contribution < -0.4 is 14.4 Å². The van der Waals surface area contributed by atoms with Crippen LogP contribution in [0, 0.1) is 5.82 Å². The van der Waals surface area contributed by atoms with E-state index in [1.807, 2.05) is 37.3 Å². The van der Waals surface area contributed by atoms with Gasteiger partial charge >= 0.3 is 0 Å².